The van der Waals surface area contributed by atoms with Gasteiger partial charge in [-0.3, -0.25) is 9.59 Å². The first-order chi connectivity index (χ1) is 23.1. The molecule has 47 heavy (non-hydrogen) atoms. The lowest BCUT2D eigenvalue weighted by Crippen LogP contribution is -2.26. The highest BCUT2D eigenvalue weighted by molar-refractivity contribution is 6.00. The Kier molecular flexibility index (Phi) is 29.7. The standard InChI is InChI=1S/C42H76N2O3/c1-4-7-10-13-16-17-18-19-20-21-22-25-28-31-36-47-40-37-38(41(45)43-34-29-26-23-14-11-8-5-2)32-33-39(40)42(46)44-35-30-27-24-15-12-9-6-3/h32-33,37H,4-31,34-36H2,1-3H3,(H,43,45)(H,44,46). The topological polar surface area (TPSA) is 67.4 Å². The van der Waals surface area contributed by atoms with Gasteiger partial charge in [0.05, 0.1) is 12.2 Å². The summed E-state index contributed by atoms with van der Waals surface area (Å²) in [7, 11) is 0. The van der Waals surface area contributed by atoms with E-state index in [9.17, 15) is 9.59 Å². The van der Waals surface area contributed by atoms with Gasteiger partial charge in [-0.05, 0) is 37.5 Å². The summed E-state index contributed by atoms with van der Waals surface area (Å²) in [4.78, 5) is 26.1. The predicted molar refractivity (Wildman–Crippen MR) is 203 cm³/mol. The maximum atomic E-state index is 13.1. The fourth-order valence-corrected chi connectivity index (χ4v) is 6.21. The molecule has 0 unspecified atom stereocenters. The number of carbonyl (C=O) groups is 2. The van der Waals surface area contributed by atoms with Gasteiger partial charge in [0.2, 0.25) is 0 Å². The van der Waals surface area contributed by atoms with E-state index in [0.29, 0.717) is 36.6 Å². The van der Waals surface area contributed by atoms with E-state index in [1.165, 1.54) is 141 Å². The molecule has 1 aromatic carbocycles. The molecular weight excluding hydrogens is 580 g/mol. The number of hydrogen-bond acceptors (Lipinski definition) is 3. The van der Waals surface area contributed by atoms with Gasteiger partial charge < -0.3 is 15.4 Å². The minimum Gasteiger partial charge on any atom is -0.493 e. The van der Waals surface area contributed by atoms with E-state index in [-0.39, 0.29) is 11.8 Å². The number of rotatable bonds is 34. The summed E-state index contributed by atoms with van der Waals surface area (Å²) in [5.41, 5.74) is 1.09. The van der Waals surface area contributed by atoms with Crippen molar-refractivity contribution in [3.63, 3.8) is 0 Å². The molecule has 0 aromatic heterocycles. The SMILES string of the molecule is CCCCCCCCCCCCCCCCOc1cc(C(=O)NCCCCCCCCC)ccc1C(=O)NCCCCCCCCC. The minimum absolute atomic E-state index is 0.0904. The average molecular weight is 657 g/mol. The molecule has 0 saturated carbocycles. The Bertz CT molecular complexity index is 871. The second-order valence-corrected chi connectivity index (χ2v) is 13.9. The Balaban J connectivity index is 2.46. The summed E-state index contributed by atoms with van der Waals surface area (Å²) >= 11 is 0. The van der Waals surface area contributed by atoms with Crippen molar-refractivity contribution in [1.82, 2.24) is 10.6 Å². The lowest BCUT2D eigenvalue weighted by Gasteiger charge is -2.14. The average Bonchev–Trinajstić information content (AvgIpc) is 3.08. The van der Waals surface area contributed by atoms with Gasteiger partial charge in [0, 0.05) is 18.7 Å². The molecule has 0 atom stereocenters. The van der Waals surface area contributed by atoms with Gasteiger partial charge in [-0.15, -0.1) is 0 Å². The first kappa shape index (κ1) is 43.0. The van der Waals surface area contributed by atoms with Gasteiger partial charge in [-0.2, -0.15) is 0 Å². The number of hydrogen-bond donors (Lipinski definition) is 2. The zero-order valence-electron chi connectivity index (χ0n) is 31.4. The smallest absolute Gasteiger partial charge is 0.255 e. The first-order valence-electron chi connectivity index (χ1n) is 20.5. The molecular formula is C42H76N2O3. The lowest BCUT2D eigenvalue weighted by molar-refractivity contribution is 0.0937. The fraction of sp³-hybridized carbons (Fsp3) is 0.810. The third-order valence-electron chi connectivity index (χ3n) is 9.38. The third kappa shape index (κ3) is 24.7. The Morgan fingerprint density at radius 1 is 0.468 bits per heavy atom. The van der Waals surface area contributed by atoms with Crippen molar-refractivity contribution in [3.8, 4) is 5.75 Å². The van der Waals surface area contributed by atoms with Gasteiger partial charge in [0.1, 0.15) is 5.75 Å². The second kappa shape index (κ2) is 32.5. The van der Waals surface area contributed by atoms with Crippen LogP contribution in [0.25, 0.3) is 0 Å². The van der Waals surface area contributed by atoms with Crippen molar-refractivity contribution in [1.29, 1.82) is 0 Å². The lowest BCUT2D eigenvalue weighted by atomic mass is 10.0. The summed E-state index contributed by atoms with van der Waals surface area (Å²) in [6, 6.07) is 5.30. The summed E-state index contributed by atoms with van der Waals surface area (Å²) in [5.74, 6) is 0.328. The fourth-order valence-electron chi connectivity index (χ4n) is 6.21. The van der Waals surface area contributed by atoms with Crippen molar-refractivity contribution >= 4 is 11.8 Å². The minimum atomic E-state index is -0.109. The first-order valence-corrected chi connectivity index (χ1v) is 20.5. The van der Waals surface area contributed by atoms with Crippen molar-refractivity contribution in [3.05, 3.63) is 29.3 Å². The largest absolute Gasteiger partial charge is 0.493 e. The summed E-state index contributed by atoms with van der Waals surface area (Å²) in [6.45, 7) is 8.68. The molecule has 0 fully saturated rings. The molecule has 0 aliphatic rings. The molecule has 0 spiro atoms. The molecule has 0 aliphatic carbocycles. The number of unbranched alkanes of at least 4 members (excludes halogenated alkanes) is 25. The van der Waals surface area contributed by atoms with E-state index in [1.54, 1.807) is 18.2 Å². The number of benzene rings is 1. The van der Waals surface area contributed by atoms with E-state index >= 15 is 0 Å². The van der Waals surface area contributed by atoms with Gasteiger partial charge >= 0.3 is 0 Å². The van der Waals surface area contributed by atoms with E-state index in [0.717, 1.165) is 38.5 Å². The Morgan fingerprint density at radius 2 is 0.830 bits per heavy atom. The van der Waals surface area contributed by atoms with Crippen molar-refractivity contribution in [2.24, 2.45) is 0 Å². The molecule has 0 heterocycles. The van der Waals surface area contributed by atoms with Gasteiger partial charge in [-0.25, -0.2) is 0 Å². The molecule has 2 amide bonds. The number of carbonyl (C=O) groups excluding carboxylic acids is 2. The van der Waals surface area contributed by atoms with Gasteiger partial charge in [0.15, 0.2) is 0 Å². The zero-order valence-corrected chi connectivity index (χ0v) is 31.4. The van der Waals surface area contributed by atoms with Crippen LogP contribution in [-0.4, -0.2) is 31.5 Å². The molecule has 0 aliphatic heterocycles. The van der Waals surface area contributed by atoms with E-state index < -0.39 is 0 Å². The number of nitrogens with one attached hydrogen (secondary N) is 2. The molecule has 1 aromatic rings. The number of ether oxygens (including phenoxy) is 1. The highest BCUT2D eigenvalue weighted by Crippen LogP contribution is 2.22. The highest BCUT2D eigenvalue weighted by Gasteiger charge is 2.16. The van der Waals surface area contributed by atoms with Gasteiger partial charge in [-0.1, -0.05) is 181 Å². The predicted octanol–water partition coefficient (Wildman–Crippen LogP) is 12.5. The van der Waals surface area contributed by atoms with Crippen LogP contribution in [0, 0.1) is 0 Å². The molecule has 2 N–H and O–H groups in total. The third-order valence-corrected chi connectivity index (χ3v) is 9.38. The van der Waals surface area contributed by atoms with Crippen LogP contribution >= 0.6 is 0 Å². The summed E-state index contributed by atoms with van der Waals surface area (Å²) in [5, 5.41) is 6.16. The molecule has 0 radical (unpaired) electrons. The van der Waals surface area contributed by atoms with Crippen molar-refractivity contribution in [2.75, 3.05) is 19.7 Å². The summed E-state index contributed by atoms with van der Waals surface area (Å²) < 4.78 is 6.19. The van der Waals surface area contributed by atoms with Crippen LogP contribution < -0.4 is 15.4 Å². The van der Waals surface area contributed by atoms with Crippen LogP contribution in [0.3, 0.4) is 0 Å². The van der Waals surface area contributed by atoms with Crippen LogP contribution in [0.15, 0.2) is 18.2 Å². The van der Waals surface area contributed by atoms with E-state index in [2.05, 4.69) is 31.4 Å². The van der Waals surface area contributed by atoms with Crippen molar-refractivity contribution < 1.29 is 14.3 Å². The van der Waals surface area contributed by atoms with E-state index in [4.69, 9.17) is 4.74 Å². The molecule has 272 valence electrons. The Labute approximate surface area is 291 Å². The van der Waals surface area contributed by atoms with Crippen LogP contribution in [0.1, 0.15) is 221 Å². The van der Waals surface area contributed by atoms with E-state index in [1.807, 2.05) is 0 Å². The zero-order chi connectivity index (χ0) is 34.0. The maximum Gasteiger partial charge on any atom is 0.255 e. The Morgan fingerprint density at radius 3 is 1.26 bits per heavy atom. The van der Waals surface area contributed by atoms with Crippen LogP contribution in [-0.2, 0) is 0 Å². The molecule has 5 heteroatoms. The quantitative estimate of drug-likeness (QED) is 0.0725. The summed E-state index contributed by atoms with van der Waals surface area (Å²) in [6.07, 6.45) is 35.5. The van der Waals surface area contributed by atoms with Crippen LogP contribution in [0.5, 0.6) is 5.75 Å². The molecule has 1 rings (SSSR count). The van der Waals surface area contributed by atoms with Crippen molar-refractivity contribution in [2.45, 2.75) is 201 Å². The Hall–Kier alpha value is -2.04. The maximum absolute atomic E-state index is 13.1. The monoisotopic (exact) mass is 657 g/mol. The molecule has 0 saturated heterocycles. The molecule has 5 nitrogen and oxygen atoms in total. The molecule has 0 bridgehead atoms. The normalized spacial score (nSPS) is 11.1. The highest BCUT2D eigenvalue weighted by atomic mass is 16.5. The second-order valence-electron chi connectivity index (χ2n) is 13.9. The van der Waals surface area contributed by atoms with Crippen LogP contribution in [0.4, 0.5) is 0 Å². The number of amides is 2. The van der Waals surface area contributed by atoms with Gasteiger partial charge in [0.25, 0.3) is 11.8 Å². The van der Waals surface area contributed by atoms with Crippen LogP contribution in [0.2, 0.25) is 0 Å².